The third-order valence-corrected chi connectivity index (χ3v) is 8.78. The van der Waals surface area contributed by atoms with E-state index in [1.165, 1.54) is 22.1 Å². The van der Waals surface area contributed by atoms with Crippen molar-refractivity contribution < 1.29 is 13.3 Å². The molecule has 27 heavy (non-hydrogen) atoms. The number of hydrogen-bond donors (Lipinski definition) is 0. The molecule has 2 aromatic rings. The highest BCUT2D eigenvalue weighted by molar-refractivity contribution is 8.01. The van der Waals surface area contributed by atoms with Gasteiger partial charge in [-0.3, -0.25) is 10.1 Å². The lowest BCUT2D eigenvalue weighted by Gasteiger charge is -2.26. The van der Waals surface area contributed by atoms with Crippen LogP contribution in [0.15, 0.2) is 71.0 Å². The molecule has 0 bridgehead atoms. The van der Waals surface area contributed by atoms with Crippen LogP contribution in [0.3, 0.4) is 0 Å². The molecule has 0 N–H and O–H groups in total. The topological polar surface area (TPSA) is 80.5 Å². The summed E-state index contributed by atoms with van der Waals surface area (Å²) in [5.41, 5.74) is -0.0148. The van der Waals surface area contributed by atoms with Crippen LogP contribution < -0.4 is 0 Å². The van der Waals surface area contributed by atoms with Crippen LogP contribution in [0.1, 0.15) is 11.1 Å². The number of nitro groups is 1. The van der Waals surface area contributed by atoms with Crippen molar-refractivity contribution in [1.82, 2.24) is 4.31 Å². The summed E-state index contributed by atoms with van der Waals surface area (Å²) in [7, 11) is -3.88. The van der Waals surface area contributed by atoms with Gasteiger partial charge in [0.25, 0.3) is 5.54 Å². The van der Waals surface area contributed by atoms with Crippen LogP contribution in [0.4, 0.5) is 0 Å². The molecule has 2 heterocycles. The number of nitrogens with zero attached hydrogens (tertiary/aromatic N) is 2. The van der Waals surface area contributed by atoms with Gasteiger partial charge in [0.2, 0.25) is 10.0 Å². The number of rotatable bonds is 4. The minimum atomic E-state index is -3.88. The van der Waals surface area contributed by atoms with Crippen molar-refractivity contribution in [3.05, 3.63) is 82.4 Å². The number of fused-ring (bicyclic) bond motifs is 3. The molecule has 0 unspecified atom stereocenters. The van der Waals surface area contributed by atoms with Gasteiger partial charge in [-0.05, 0) is 25.1 Å². The van der Waals surface area contributed by atoms with Crippen LogP contribution in [0.5, 0.6) is 0 Å². The van der Waals surface area contributed by atoms with Crippen molar-refractivity contribution in [3.8, 4) is 0 Å². The third kappa shape index (κ3) is 2.40. The highest BCUT2D eigenvalue weighted by atomic mass is 32.2. The zero-order chi connectivity index (χ0) is 19.4. The smallest absolute Gasteiger partial charge is 0.263 e. The highest BCUT2D eigenvalue weighted by Gasteiger charge is 2.70. The van der Waals surface area contributed by atoms with E-state index in [2.05, 4.69) is 6.58 Å². The Kier molecular flexibility index (Phi) is 4.17. The minimum Gasteiger partial charge on any atom is -0.263 e. The van der Waals surface area contributed by atoms with Crippen molar-refractivity contribution in [3.63, 3.8) is 0 Å². The first-order chi connectivity index (χ1) is 12.8. The first kappa shape index (κ1) is 18.2. The molecular formula is C19H18N2O4S2. The predicted octanol–water partition coefficient (Wildman–Crippen LogP) is 3.41. The van der Waals surface area contributed by atoms with E-state index >= 15 is 0 Å². The Labute approximate surface area is 162 Å². The van der Waals surface area contributed by atoms with Gasteiger partial charge in [-0.15, -0.1) is 6.58 Å². The Bertz CT molecular complexity index is 1040. The lowest BCUT2D eigenvalue weighted by atomic mass is 9.81. The maximum Gasteiger partial charge on any atom is 0.281 e. The van der Waals surface area contributed by atoms with Crippen LogP contribution >= 0.6 is 11.8 Å². The number of benzene rings is 2. The van der Waals surface area contributed by atoms with Crippen LogP contribution in [-0.4, -0.2) is 29.6 Å². The molecule has 4 rings (SSSR count). The molecular weight excluding hydrogens is 384 g/mol. The van der Waals surface area contributed by atoms with Gasteiger partial charge in [-0.25, -0.2) is 8.42 Å². The molecule has 2 aliphatic heterocycles. The summed E-state index contributed by atoms with van der Waals surface area (Å²) in [6.45, 7) is 5.68. The Balaban J connectivity index is 1.89. The molecule has 2 aromatic carbocycles. The quantitative estimate of drug-likeness (QED) is 0.445. The number of aryl methyl sites for hydroxylation is 1. The molecule has 0 radical (unpaired) electrons. The van der Waals surface area contributed by atoms with E-state index in [1.54, 1.807) is 42.5 Å². The largest absolute Gasteiger partial charge is 0.281 e. The minimum absolute atomic E-state index is 0.0344. The second-order valence-electron chi connectivity index (χ2n) is 6.78. The maximum absolute atomic E-state index is 13.3. The summed E-state index contributed by atoms with van der Waals surface area (Å²) in [5, 5.41) is 11.5. The first-order valence-corrected chi connectivity index (χ1v) is 10.8. The Hall–Kier alpha value is -2.16. The normalized spacial score (nSPS) is 27.1. The summed E-state index contributed by atoms with van der Waals surface area (Å²) in [5.74, 6) is -0.617. The number of thioether (sulfide) groups is 1. The van der Waals surface area contributed by atoms with Gasteiger partial charge in [0.05, 0.1) is 10.8 Å². The summed E-state index contributed by atoms with van der Waals surface area (Å²) in [4.78, 5) is 12.9. The standard InChI is InChI=1S/C19H18N2O4S2/c1-3-14-12-20(27(24,25)15-10-8-13(2)9-11-15)18-19(14,21(22)23)16-6-4-5-7-17(16)26-18/h3-11,14,18H,1,12H2,2H3/t14-,18+,19+/m0/s1. The van der Waals surface area contributed by atoms with Crippen molar-refractivity contribution in [2.75, 3.05) is 6.54 Å². The van der Waals surface area contributed by atoms with Crippen LogP contribution in [0, 0.1) is 23.0 Å². The fourth-order valence-corrected chi connectivity index (χ4v) is 7.50. The molecule has 0 amide bonds. The van der Waals surface area contributed by atoms with E-state index in [0.717, 1.165) is 10.5 Å². The van der Waals surface area contributed by atoms with E-state index in [1.807, 2.05) is 13.0 Å². The first-order valence-electron chi connectivity index (χ1n) is 8.45. The van der Waals surface area contributed by atoms with E-state index < -0.39 is 26.9 Å². The SMILES string of the molecule is C=C[C@H]1CN(S(=O)(=O)c2ccc(C)cc2)[C@@H]2Sc3ccccc3[C@]12[N+](=O)[O-]. The van der Waals surface area contributed by atoms with Crippen LogP contribution in [0.2, 0.25) is 0 Å². The van der Waals surface area contributed by atoms with Crippen LogP contribution in [-0.2, 0) is 15.6 Å². The fourth-order valence-electron chi connectivity index (χ4n) is 3.98. The van der Waals surface area contributed by atoms with Gasteiger partial charge in [-0.2, -0.15) is 4.31 Å². The maximum atomic E-state index is 13.3. The van der Waals surface area contributed by atoms with E-state index in [0.29, 0.717) is 5.56 Å². The molecule has 0 aliphatic carbocycles. The lowest BCUT2D eigenvalue weighted by molar-refractivity contribution is -0.583. The monoisotopic (exact) mass is 402 g/mol. The van der Waals surface area contributed by atoms with Gasteiger partial charge in [0, 0.05) is 21.9 Å². The molecule has 8 heteroatoms. The second-order valence-corrected chi connectivity index (χ2v) is 9.79. The Morgan fingerprint density at radius 3 is 2.56 bits per heavy atom. The molecule has 6 nitrogen and oxygen atoms in total. The van der Waals surface area contributed by atoms with Crippen molar-refractivity contribution in [1.29, 1.82) is 0 Å². The molecule has 1 saturated heterocycles. The molecule has 0 saturated carbocycles. The van der Waals surface area contributed by atoms with Gasteiger partial charge in [0.15, 0.2) is 5.37 Å². The van der Waals surface area contributed by atoms with Gasteiger partial charge < -0.3 is 0 Å². The van der Waals surface area contributed by atoms with E-state index in [-0.39, 0.29) is 16.4 Å². The second kappa shape index (κ2) is 6.19. The highest BCUT2D eigenvalue weighted by Crippen LogP contribution is 2.59. The Morgan fingerprint density at radius 1 is 1.26 bits per heavy atom. The lowest BCUT2D eigenvalue weighted by Crippen LogP contribution is -2.47. The third-order valence-electron chi connectivity index (χ3n) is 5.35. The van der Waals surface area contributed by atoms with Gasteiger partial charge in [0.1, 0.15) is 0 Å². The van der Waals surface area contributed by atoms with Gasteiger partial charge in [-0.1, -0.05) is 53.7 Å². The molecule has 0 aromatic heterocycles. The summed E-state index contributed by atoms with van der Waals surface area (Å²) < 4.78 is 27.9. The molecule has 2 aliphatic rings. The molecule has 0 spiro atoms. The average molecular weight is 402 g/mol. The van der Waals surface area contributed by atoms with Crippen LogP contribution in [0.25, 0.3) is 0 Å². The summed E-state index contributed by atoms with van der Waals surface area (Å²) >= 11 is 1.24. The average Bonchev–Trinajstić information content (AvgIpc) is 3.15. The predicted molar refractivity (Wildman–Crippen MR) is 104 cm³/mol. The fraction of sp³-hybridized carbons (Fsp3) is 0.263. The zero-order valence-electron chi connectivity index (χ0n) is 14.6. The zero-order valence-corrected chi connectivity index (χ0v) is 16.2. The van der Waals surface area contributed by atoms with Crippen molar-refractivity contribution in [2.24, 2.45) is 5.92 Å². The van der Waals surface area contributed by atoms with Gasteiger partial charge >= 0.3 is 0 Å². The Morgan fingerprint density at radius 2 is 1.93 bits per heavy atom. The summed E-state index contributed by atoms with van der Waals surface area (Å²) in [6, 6.07) is 13.6. The van der Waals surface area contributed by atoms with E-state index in [4.69, 9.17) is 0 Å². The molecule has 1 fully saturated rings. The number of hydrogen-bond acceptors (Lipinski definition) is 5. The number of sulfonamides is 1. The summed E-state index contributed by atoms with van der Waals surface area (Å²) in [6.07, 6.45) is 1.52. The molecule has 3 atom stereocenters. The van der Waals surface area contributed by atoms with Crippen molar-refractivity contribution in [2.45, 2.75) is 27.6 Å². The van der Waals surface area contributed by atoms with Crippen molar-refractivity contribution >= 4 is 21.8 Å². The van der Waals surface area contributed by atoms with E-state index in [9.17, 15) is 18.5 Å². The molecule has 140 valence electrons.